The molecule has 0 saturated heterocycles. The molecule has 0 saturated carbocycles. The monoisotopic (exact) mass is 355 g/mol. The third-order valence-electron chi connectivity index (χ3n) is 2.80. The molecule has 120 valence electrons. The van der Waals surface area contributed by atoms with Crippen LogP contribution in [0.5, 0.6) is 0 Å². The zero-order valence-corrected chi connectivity index (χ0v) is 14.5. The largest absolute Gasteiger partial charge is 0.392 e. The molecule has 5 nitrogen and oxygen atoms in total. The summed E-state index contributed by atoms with van der Waals surface area (Å²) in [5.41, 5.74) is 0.273. The summed E-state index contributed by atoms with van der Waals surface area (Å²) in [6, 6.07) is 2.71. The maximum Gasteiger partial charge on any atom is 0.244 e. The van der Waals surface area contributed by atoms with Gasteiger partial charge < -0.3 is 9.84 Å². The van der Waals surface area contributed by atoms with Crippen molar-refractivity contribution in [2.75, 3.05) is 20.2 Å². The van der Waals surface area contributed by atoms with Crippen LogP contribution in [0.25, 0.3) is 0 Å². The second-order valence-electron chi connectivity index (χ2n) is 4.78. The Morgan fingerprint density at radius 1 is 1.33 bits per heavy atom. The predicted molar refractivity (Wildman–Crippen MR) is 83.3 cm³/mol. The molecule has 1 N–H and O–H groups in total. The molecule has 0 spiro atoms. The van der Waals surface area contributed by atoms with Gasteiger partial charge in [0.05, 0.1) is 24.3 Å². The molecule has 21 heavy (non-hydrogen) atoms. The second kappa shape index (κ2) is 7.76. The smallest absolute Gasteiger partial charge is 0.244 e. The molecular formula is C13H19Cl2NO4S. The third kappa shape index (κ3) is 4.81. The Hall–Kier alpha value is -0.370. The summed E-state index contributed by atoms with van der Waals surface area (Å²) in [4.78, 5) is -0.118. The van der Waals surface area contributed by atoms with Crippen molar-refractivity contribution in [2.45, 2.75) is 31.5 Å². The first-order chi connectivity index (χ1) is 9.70. The molecule has 0 amide bonds. The topological polar surface area (TPSA) is 66.8 Å². The van der Waals surface area contributed by atoms with E-state index in [2.05, 4.69) is 0 Å². The number of ether oxygens (including phenoxy) is 1. The van der Waals surface area contributed by atoms with Gasteiger partial charge in [-0.2, -0.15) is 4.31 Å². The molecule has 0 heterocycles. The van der Waals surface area contributed by atoms with Gasteiger partial charge in [0.15, 0.2) is 0 Å². The number of halogens is 2. The van der Waals surface area contributed by atoms with E-state index < -0.39 is 10.0 Å². The predicted octanol–water partition coefficient (Wildman–Crippen LogP) is 2.53. The normalized spacial score (nSPS) is 12.4. The fraction of sp³-hybridized carbons (Fsp3) is 0.538. The molecule has 1 rings (SSSR count). The third-order valence-corrected chi connectivity index (χ3v) is 5.45. The number of hydrogen-bond donors (Lipinski definition) is 1. The summed E-state index contributed by atoms with van der Waals surface area (Å²) in [6.45, 7) is 3.82. The summed E-state index contributed by atoms with van der Waals surface area (Å²) >= 11 is 11.9. The van der Waals surface area contributed by atoms with Gasteiger partial charge >= 0.3 is 0 Å². The first kappa shape index (κ1) is 18.7. The van der Waals surface area contributed by atoms with Crippen LogP contribution in [0.4, 0.5) is 0 Å². The Morgan fingerprint density at radius 3 is 2.48 bits per heavy atom. The van der Waals surface area contributed by atoms with Crippen LogP contribution in [0.2, 0.25) is 10.0 Å². The standard InChI is InChI=1S/C13H19Cl2NO4S/c1-9(2)20-5-4-16(3)21(18,19)12-7-11(14)6-10(8-17)13(12)15/h6-7,9,17H,4-5,8H2,1-3H3. The van der Waals surface area contributed by atoms with Gasteiger partial charge in [-0.3, -0.25) is 0 Å². The van der Waals surface area contributed by atoms with Crippen LogP contribution >= 0.6 is 23.2 Å². The van der Waals surface area contributed by atoms with E-state index in [9.17, 15) is 13.5 Å². The number of nitrogens with zero attached hydrogens (tertiary/aromatic N) is 1. The van der Waals surface area contributed by atoms with Crippen LogP contribution in [-0.2, 0) is 21.4 Å². The molecule has 8 heteroatoms. The number of aliphatic hydroxyl groups excluding tert-OH is 1. The van der Waals surface area contributed by atoms with E-state index in [1.165, 1.54) is 19.2 Å². The van der Waals surface area contributed by atoms with E-state index >= 15 is 0 Å². The zero-order valence-electron chi connectivity index (χ0n) is 12.1. The van der Waals surface area contributed by atoms with Crippen molar-refractivity contribution < 1.29 is 18.3 Å². The van der Waals surface area contributed by atoms with E-state index in [0.29, 0.717) is 0 Å². The molecule has 0 aliphatic heterocycles. The summed E-state index contributed by atoms with van der Waals surface area (Å²) in [5, 5.41) is 9.39. The van der Waals surface area contributed by atoms with Crippen LogP contribution in [0.3, 0.4) is 0 Å². The van der Waals surface area contributed by atoms with Crippen molar-refractivity contribution in [1.82, 2.24) is 4.31 Å². The second-order valence-corrected chi connectivity index (χ2v) is 7.61. The van der Waals surface area contributed by atoms with Crippen molar-refractivity contribution in [1.29, 1.82) is 0 Å². The van der Waals surface area contributed by atoms with Crippen LogP contribution in [0, 0.1) is 0 Å². The van der Waals surface area contributed by atoms with Crippen molar-refractivity contribution in [3.63, 3.8) is 0 Å². The van der Waals surface area contributed by atoms with E-state index in [1.54, 1.807) is 0 Å². The van der Waals surface area contributed by atoms with Gasteiger partial charge in [-0.1, -0.05) is 23.2 Å². The van der Waals surface area contributed by atoms with Crippen LogP contribution in [-0.4, -0.2) is 44.1 Å². The van der Waals surface area contributed by atoms with E-state index in [1.807, 2.05) is 13.8 Å². The number of aliphatic hydroxyl groups is 1. The van der Waals surface area contributed by atoms with Gasteiger partial charge in [0, 0.05) is 18.6 Å². The summed E-state index contributed by atoms with van der Waals surface area (Å²) in [5.74, 6) is 0. The lowest BCUT2D eigenvalue weighted by Gasteiger charge is -2.19. The number of hydrogen-bond acceptors (Lipinski definition) is 4. The SMILES string of the molecule is CC(C)OCCN(C)S(=O)(=O)c1cc(Cl)cc(CO)c1Cl. The Morgan fingerprint density at radius 2 is 1.95 bits per heavy atom. The van der Waals surface area contributed by atoms with E-state index in [0.717, 1.165) is 4.31 Å². The number of rotatable bonds is 7. The van der Waals surface area contributed by atoms with Crippen molar-refractivity contribution in [3.8, 4) is 0 Å². The number of likely N-dealkylation sites (N-methyl/N-ethyl adjacent to an activating group) is 1. The number of benzene rings is 1. The van der Waals surface area contributed by atoms with Gasteiger partial charge in [0.25, 0.3) is 0 Å². The summed E-state index contributed by atoms with van der Waals surface area (Å²) in [7, 11) is -2.36. The van der Waals surface area contributed by atoms with Gasteiger partial charge in [-0.15, -0.1) is 0 Å². The molecule has 0 atom stereocenters. The fourth-order valence-corrected chi connectivity index (χ4v) is 3.68. The van der Waals surface area contributed by atoms with Gasteiger partial charge in [0.1, 0.15) is 4.90 Å². The van der Waals surface area contributed by atoms with Gasteiger partial charge in [-0.05, 0) is 31.5 Å². The highest BCUT2D eigenvalue weighted by Gasteiger charge is 2.25. The summed E-state index contributed by atoms with van der Waals surface area (Å²) < 4.78 is 31.5. The van der Waals surface area contributed by atoms with Crippen molar-refractivity contribution in [3.05, 3.63) is 27.7 Å². The summed E-state index contributed by atoms with van der Waals surface area (Å²) in [6.07, 6.45) is 0.0249. The molecule has 0 aliphatic carbocycles. The highest BCUT2D eigenvalue weighted by Crippen LogP contribution is 2.31. The van der Waals surface area contributed by atoms with Crippen LogP contribution < -0.4 is 0 Å². The quantitative estimate of drug-likeness (QED) is 0.815. The minimum atomic E-state index is -3.80. The van der Waals surface area contributed by atoms with E-state index in [4.69, 9.17) is 27.9 Å². The molecule has 0 unspecified atom stereocenters. The lowest BCUT2D eigenvalue weighted by atomic mass is 10.2. The molecule has 0 aliphatic rings. The first-order valence-corrected chi connectivity index (χ1v) is 8.56. The lowest BCUT2D eigenvalue weighted by molar-refractivity contribution is 0.0737. The number of sulfonamides is 1. The van der Waals surface area contributed by atoms with Crippen LogP contribution in [0.15, 0.2) is 17.0 Å². The average molecular weight is 356 g/mol. The zero-order chi connectivity index (χ0) is 16.2. The molecular weight excluding hydrogens is 337 g/mol. The maximum atomic E-state index is 12.5. The lowest BCUT2D eigenvalue weighted by Crippen LogP contribution is -2.31. The van der Waals surface area contributed by atoms with Crippen LogP contribution in [0.1, 0.15) is 19.4 Å². The average Bonchev–Trinajstić information content (AvgIpc) is 2.40. The Bertz CT molecular complexity index is 590. The first-order valence-electron chi connectivity index (χ1n) is 6.36. The maximum absolute atomic E-state index is 12.5. The molecule has 0 bridgehead atoms. The minimum Gasteiger partial charge on any atom is -0.392 e. The Balaban J connectivity index is 3.05. The Kier molecular flexibility index (Phi) is 6.90. The molecule has 1 aromatic carbocycles. The van der Waals surface area contributed by atoms with Crippen molar-refractivity contribution in [2.24, 2.45) is 0 Å². The molecule has 0 aromatic heterocycles. The Labute approximate surface area is 135 Å². The van der Waals surface area contributed by atoms with Gasteiger partial charge in [0.2, 0.25) is 10.0 Å². The molecule has 0 fully saturated rings. The molecule has 1 aromatic rings. The highest BCUT2D eigenvalue weighted by atomic mass is 35.5. The van der Waals surface area contributed by atoms with Gasteiger partial charge in [-0.25, -0.2) is 8.42 Å². The fourth-order valence-electron chi connectivity index (χ4n) is 1.63. The highest BCUT2D eigenvalue weighted by molar-refractivity contribution is 7.89. The minimum absolute atomic E-state index is 0.0153. The van der Waals surface area contributed by atoms with Crippen molar-refractivity contribution >= 4 is 33.2 Å². The van der Waals surface area contributed by atoms with E-state index in [-0.39, 0.29) is 46.4 Å². The molecule has 0 radical (unpaired) electrons.